The first-order valence-electron chi connectivity index (χ1n) is 18.0. The van der Waals surface area contributed by atoms with Gasteiger partial charge in [-0.3, -0.25) is 0 Å². The van der Waals surface area contributed by atoms with Crippen molar-refractivity contribution in [2.24, 2.45) is 0 Å². The number of benzene rings is 9. The van der Waals surface area contributed by atoms with Gasteiger partial charge < -0.3 is 4.57 Å². The molecule has 0 amide bonds. The van der Waals surface area contributed by atoms with Crippen LogP contribution in [0.25, 0.3) is 105 Å². The molecular formula is C49H30N4. The first-order valence-corrected chi connectivity index (χ1v) is 18.0. The Morgan fingerprint density at radius 1 is 0.321 bits per heavy atom. The van der Waals surface area contributed by atoms with E-state index in [1.807, 2.05) is 18.2 Å². The topological polar surface area (TPSA) is 43.6 Å². The first-order chi connectivity index (χ1) is 26.3. The lowest BCUT2D eigenvalue weighted by molar-refractivity contribution is 1.08. The second-order valence-corrected chi connectivity index (χ2v) is 13.6. The molecule has 0 bridgehead atoms. The summed E-state index contributed by atoms with van der Waals surface area (Å²) in [6.07, 6.45) is 0. The Balaban J connectivity index is 1.13. The van der Waals surface area contributed by atoms with E-state index in [2.05, 4.69) is 168 Å². The van der Waals surface area contributed by atoms with Crippen molar-refractivity contribution in [3.05, 3.63) is 182 Å². The number of para-hydroxylation sites is 1. The molecule has 53 heavy (non-hydrogen) atoms. The zero-order valence-electron chi connectivity index (χ0n) is 28.6. The highest BCUT2D eigenvalue weighted by molar-refractivity contribution is 6.21. The fourth-order valence-electron chi connectivity index (χ4n) is 8.15. The molecule has 2 heterocycles. The van der Waals surface area contributed by atoms with Gasteiger partial charge >= 0.3 is 0 Å². The molecule has 0 aliphatic heterocycles. The minimum absolute atomic E-state index is 0.634. The maximum Gasteiger partial charge on any atom is 0.164 e. The minimum Gasteiger partial charge on any atom is -0.309 e. The van der Waals surface area contributed by atoms with Gasteiger partial charge in [-0.2, -0.15) is 0 Å². The van der Waals surface area contributed by atoms with Crippen LogP contribution >= 0.6 is 0 Å². The maximum absolute atomic E-state index is 5.24. The van der Waals surface area contributed by atoms with Crippen molar-refractivity contribution in [1.82, 2.24) is 19.5 Å². The molecule has 246 valence electrons. The first kappa shape index (κ1) is 29.5. The Morgan fingerprint density at radius 2 is 0.849 bits per heavy atom. The monoisotopic (exact) mass is 674 g/mol. The van der Waals surface area contributed by atoms with Crippen molar-refractivity contribution in [3.63, 3.8) is 0 Å². The largest absolute Gasteiger partial charge is 0.309 e. The van der Waals surface area contributed by atoms with E-state index < -0.39 is 0 Å². The average Bonchev–Trinajstić information content (AvgIpc) is 3.58. The van der Waals surface area contributed by atoms with Crippen LogP contribution in [0.4, 0.5) is 0 Å². The Morgan fingerprint density at radius 3 is 1.60 bits per heavy atom. The zero-order chi connectivity index (χ0) is 34.9. The van der Waals surface area contributed by atoms with E-state index in [0.29, 0.717) is 17.5 Å². The Bertz CT molecular complexity index is 3220. The van der Waals surface area contributed by atoms with Crippen molar-refractivity contribution in [2.45, 2.75) is 0 Å². The Hall–Kier alpha value is -7.17. The molecule has 0 unspecified atom stereocenters. The summed E-state index contributed by atoms with van der Waals surface area (Å²) in [6, 6.07) is 64.5. The van der Waals surface area contributed by atoms with E-state index >= 15 is 0 Å². The van der Waals surface area contributed by atoms with Crippen LogP contribution in [0.1, 0.15) is 0 Å². The summed E-state index contributed by atoms with van der Waals surface area (Å²) in [7, 11) is 0. The molecule has 0 fully saturated rings. The zero-order valence-corrected chi connectivity index (χ0v) is 28.6. The van der Waals surface area contributed by atoms with E-state index in [-0.39, 0.29) is 0 Å². The molecule has 0 saturated carbocycles. The molecule has 11 rings (SSSR count). The Kier molecular flexibility index (Phi) is 6.52. The molecule has 0 aliphatic rings. The van der Waals surface area contributed by atoms with Crippen molar-refractivity contribution < 1.29 is 0 Å². The number of rotatable bonds is 4. The SMILES string of the molecule is c1ccc(-c2nc(-c3ccc(-n4c5ccccc5c5ccc6ccccc6c54)cc3)nc(-c3cc4c5ccccc5ccc4c4ccccc34)n2)cc1. The van der Waals surface area contributed by atoms with Crippen LogP contribution in [0.2, 0.25) is 0 Å². The predicted octanol–water partition coefficient (Wildman–Crippen LogP) is 12.6. The molecule has 11 aromatic rings. The average molecular weight is 675 g/mol. The van der Waals surface area contributed by atoms with E-state index in [9.17, 15) is 0 Å². The molecule has 0 atom stereocenters. The predicted molar refractivity (Wildman–Crippen MR) is 220 cm³/mol. The highest BCUT2D eigenvalue weighted by Crippen LogP contribution is 2.39. The maximum atomic E-state index is 5.24. The second-order valence-electron chi connectivity index (χ2n) is 13.6. The third kappa shape index (κ3) is 4.66. The smallest absolute Gasteiger partial charge is 0.164 e. The third-order valence-corrected chi connectivity index (χ3v) is 10.6. The molecule has 4 heteroatoms. The van der Waals surface area contributed by atoms with Crippen molar-refractivity contribution >= 4 is 64.9 Å². The van der Waals surface area contributed by atoms with Crippen LogP contribution in [0.5, 0.6) is 0 Å². The summed E-state index contributed by atoms with van der Waals surface area (Å²) in [6.45, 7) is 0. The number of aromatic nitrogens is 4. The second kappa shape index (κ2) is 11.7. The van der Waals surface area contributed by atoms with Gasteiger partial charge in [0.05, 0.1) is 11.0 Å². The van der Waals surface area contributed by atoms with Gasteiger partial charge in [0.2, 0.25) is 0 Å². The van der Waals surface area contributed by atoms with Gasteiger partial charge in [0, 0.05) is 38.5 Å². The number of nitrogens with zero attached hydrogens (tertiary/aromatic N) is 4. The fourth-order valence-corrected chi connectivity index (χ4v) is 8.15. The van der Waals surface area contributed by atoms with Crippen LogP contribution < -0.4 is 0 Å². The van der Waals surface area contributed by atoms with Crippen LogP contribution in [0.3, 0.4) is 0 Å². The molecule has 9 aromatic carbocycles. The lowest BCUT2D eigenvalue weighted by atomic mass is 9.93. The van der Waals surface area contributed by atoms with Gasteiger partial charge in [-0.05, 0) is 74.1 Å². The van der Waals surface area contributed by atoms with Gasteiger partial charge in [-0.15, -0.1) is 0 Å². The highest BCUT2D eigenvalue weighted by atomic mass is 15.0. The van der Waals surface area contributed by atoms with Crippen molar-refractivity contribution in [2.75, 3.05) is 0 Å². The van der Waals surface area contributed by atoms with Crippen LogP contribution in [0.15, 0.2) is 182 Å². The van der Waals surface area contributed by atoms with Gasteiger partial charge in [0.1, 0.15) is 0 Å². The van der Waals surface area contributed by atoms with Crippen LogP contribution in [0, 0.1) is 0 Å². The summed E-state index contributed by atoms with van der Waals surface area (Å²) in [5.41, 5.74) is 6.33. The molecule has 2 aromatic heterocycles. The highest BCUT2D eigenvalue weighted by Gasteiger charge is 2.18. The quantitative estimate of drug-likeness (QED) is 0.175. The third-order valence-electron chi connectivity index (χ3n) is 10.6. The molecule has 0 spiro atoms. The van der Waals surface area contributed by atoms with Crippen LogP contribution in [-0.2, 0) is 0 Å². The summed E-state index contributed by atoms with van der Waals surface area (Å²) in [4.78, 5) is 15.5. The molecular weight excluding hydrogens is 645 g/mol. The molecule has 0 N–H and O–H groups in total. The number of hydrogen-bond acceptors (Lipinski definition) is 3. The summed E-state index contributed by atoms with van der Waals surface area (Å²) in [5, 5.41) is 12.0. The summed E-state index contributed by atoms with van der Waals surface area (Å²) < 4.78 is 2.39. The van der Waals surface area contributed by atoms with E-state index in [1.54, 1.807) is 0 Å². The number of hydrogen-bond donors (Lipinski definition) is 0. The minimum atomic E-state index is 0.634. The molecule has 0 aliphatic carbocycles. The summed E-state index contributed by atoms with van der Waals surface area (Å²) in [5.74, 6) is 1.93. The Labute approximate surface area is 305 Å². The normalized spacial score (nSPS) is 11.8. The molecule has 4 nitrogen and oxygen atoms in total. The van der Waals surface area contributed by atoms with Gasteiger partial charge in [-0.1, -0.05) is 146 Å². The van der Waals surface area contributed by atoms with Gasteiger partial charge in [0.25, 0.3) is 0 Å². The molecule has 0 saturated heterocycles. The lowest BCUT2D eigenvalue weighted by Crippen LogP contribution is -2.01. The number of fused-ring (bicyclic) bond motifs is 10. The molecule has 0 radical (unpaired) electrons. The van der Waals surface area contributed by atoms with Crippen molar-refractivity contribution in [1.29, 1.82) is 0 Å². The van der Waals surface area contributed by atoms with Crippen LogP contribution in [-0.4, -0.2) is 19.5 Å². The lowest BCUT2D eigenvalue weighted by Gasteiger charge is -2.14. The van der Waals surface area contributed by atoms with E-state index in [4.69, 9.17) is 15.0 Å². The van der Waals surface area contributed by atoms with E-state index in [0.717, 1.165) is 27.8 Å². The van der Waals surface area contributed by atoms with E-state index in [1.165, 1.54) is 59.5 Å². The fraction of sp³-hybridized carbons (Fsp3) is 0. The van der Waals surface area contributed by atoms with Gasteiger partial charge in [-0.25, -0.2) is 15.0 Å². The standard InChI is InChI=1S/C49H30N4/c1-2-14-33(15-3-1)47-50-48(52-49(51-47)44-30-43-36-16-6-4-12-31(36)24-28-40(43)38-18-8-9-19-39(38)44)34-22-26-35(27-23-34)53-45-21-11-10-20-41(45)42-29-25-32-13-5-7-17-37(32)46(42)53/h1-30H. The van der Waals surface area contributed by atoms with Gasteiger partial charge in [0.15, 0.2) is 17.5 Å². The summed E-state index contributed by atoms with van der Waals surface area (Å²) >= 11 is 0. The van der Waals surface area contributed by atoms with Crippen molar-refractivity contribution in [3.8, 4) is 39.9 Å².